The van der Waals surface area contributed by atoms with E-state index in [4.69, 9.17) is 5.11 Å². The molecule has 11 heteroatoms. The highest BCUT2D eigenvalue weighted by Crippen LogP contribution is 2.19. The lowest BCUT2D eigenvalue weighted by molar-refractivity contribution is -0.130. The number of rotatable bonds is 8. The van der Waals surface area contributed by atoms with Crippen LogP contribution in [0.5, 0.6) is 0 Å². The van der Waals surface area contributed by atoms with Crippen molar-refractivity contribution in [3.63, 3.8) is 0 Å². The Hall–Kier alpha value is -2.56. The lowest BCUT2D eigenvalue weighted by atomic mass is 10.4. The molecule has 1 amide bonds. The van der Waals surface area contributed by atoms with Crippen LogP contribution in [0.1, 0.15) is 28.3 Å². The number of carboxylic acids is 1. The summed E-state index contributed by atoms with van der Waals surface area (Å²) in [6.45, 7) is 2.29. The fourth-order valence-corrected chi connectivity index (χ4v) is 2.90. The van der Waals surface area contributed by atoms with E-state index in [0.29, 0.717) is 23.9 Å². The van der Waals surface area contributed by atoms with Crippen LogP contribution < -0.4 is 4.90 Å². The first-order valence-corrected chi connectivity index (χ1v) is 8.53. The number of carboxylic acid groups (broad SMARTS) is 1. The van der Waals surface area contributed by atoms with Gasteiger partial charge in [0.05, 0.1) is 0 Å². The molecule has 26 heavy (non-hydrogen) atoms. The maximum absolute atomic E-state index is 12.7. The molecule has 0 spiro atoms. The van der Waals surface area contributed by atoms with Crippen molar-refractivity contribution in [1.29, 1.82) is 0 Å². The van der Waals surface area contributed by atoms with E-state index < -0.39 is 12.4 Å². The highest BCUT2D eigenvalue weighted by molar-refractivity contribution is 7.13. The molecule has 0 bridgehead atoms. The van der Waals surface area contributed by atoms with Gasteiger partial charge in [-0.25, -0.2) is 18.6 Å². The van der Waals surface area contributed by atoms with E-state index in [1.54, 1.807) is 25.9 Å². The van der Waals surface area contributed by atoms with Gasteiger partial charge in [-0.05, 0) is 13.0 Å². The number of aryl methyl sites for hydroxylation is 1. The van der Waals surface area contributed by atoms with E-state index in [0.717, 1.165) is 0 Å². The maximum atomic E-state index is 12.7. The van der Waals surface area contributed by atoms with Crippen LogP contribution >= 0.6 is 11.3 Å². The van der Waals surface area contributed by atoms with Crippen LogP contribution in [0.4, 0.5) is 13.9 Å². The largest absolute Gasteiger partial charge is 0.476 e. The van der Waals surface area contributed by atoms with Gasteiger partial charge in [-0.2, -0.15) is 5.10 Å². The van der Waals surface area contributed by atoms with E-state index in [-0.39, 0.29) is 23.8 Å². The zero-order valence-electron chi connectivity index (χ0n) is 14.5. The molecule has 0 radical (unpaired) electrons. The predicted molar refractivity (Wildman–Crippen MR) is 91.9 cm³/mol. The molecular weight excluding hydrogens is 368 g/mol. The molecule has 2 heterocycles. The molecule has 1 N–H and O–H groups in total. The molecule has 0 unspecified atom stereocenters. The third kappa shape index (κ3) is 4.75. The molecule has 0 aliphatic rings. The number of thiazole rings is 1. The number of hydrogen-bond acceptors (Lipinski definition) is 6. The molecule has 142 valence electrons. The maximum Gasteiger partial charge on any atom is 0.355 e. The number of aromatic nitrogens is 3. The number of likely N-dealkylation sites (N-methyl/N-ethyl adjacent to an activating group) is 2. The van der Waals surface area contributed by atoms with Crippen molar-refractivity contribution >= 4 is 28.3 Å². The minimum absolute atomic E-state index is 0.0229. The molecule has 8 nitrogen and oxygen atoms in total. The van der Waals surface area contributed by atoms with Crippen molar-refractivity contribution in [2.75, 3.05) is 32.1 Å². The van der Waals surface area contributed by atoms with Gasteiger partial charge < -0.3 is 14.9 Å². The first kappa shape index (κ1) is 19.8. The topological polar surface area (TPSA) is 91.6 Å². The van der Waals surface area contributed by atoms with Crippen molar-refractivity contribution in [2.45, 2.75) is 19.9 Å². The normalized spacial score (nSPS) is 11.0. The highest BCUT2D eigenvalue weighted by Gasteiger charge is 2.17. The van der Waals surface area contributed by atoms with Crippen LogP contribution in [0, 0.1) is 6.92 Å². The Balaban J connectivity index is 1.89. The molecule has 0 aromatic carbocycles. The number of hydrogen-bond donors (Lipinski definition) is 1. The van der Waals surface area contributed by atoms with Gasteiger partial charge in [0.25, 0.3) is 6.43 Å². The summed E-state index contributed by atoms with van der Waals surface area (Å²) in [6.07, 6.45) is -2.68. The van der Waals surface area contributed by atoms with E-state index in [2.05, 4.69) is 10.1 Å². The number of carbonyl (C=O) groups is 2. The second-order valence-corrected chi connectivity index (χ2v) is 6.56. The molecule has 0 aliphatic heterocycles. The van der Waals surface area contributed by atoms with E-state index >= 15 is 0 Å². The van der Waals surface area contributed by atoms with E-state index in [9.17, 15) is 18.4 Å². The lowest BCUT2D eigenvalue weighted by Crippen LogP contribution is -2.37. The summed E-state index contributed by atoms with van der Waals surface area (Å²) >= 11 is 1.20. The first-order chi connectivity index (χ1) is 12.2. The molecule has 2 rings (SSSR count). The average molecular weight is 387 g/mol. The van der Waals surface area contributed by atoms with E-state index in [1.165, 1.54) is 32.4 Å². The number of aromatic carboxylic acids is 1. The minimum atomic E-state index is -2.68. The van der Waals surface area contributed by atoms with Gasteiger partial charge in [0.15, 0.2) is 10.8 Å². The Morgan fingerprint density at radius 2 is 2.04 bits per heavy atom. The second-order valence-electron chi connectivity index (χ2n) is 5.73. The fourth-order valence-electron chi connectivity index (χ4n) is 2.11. The molecule has 0 saturated carbocycles. The van der Waals surface area contributed by atoms with Crippen LogP contribution in [0.2, 0.25) is 0 Å². The third-order valence-corrected chi connectivity index (χ3v) is 4.70. The Morgan fingerprint density at radius 3 is 2.58 bits per heavy atom. The molecule has 0 atom stereocenters. The number of halogens is 2. The van der Waals surface area contributed by atoms with Gasteiger partial charge in [0.2, 0.25) is 5.91 Å². The monoisotopic (exact) mass is 387 g/mol. The van der Waals surface area contributed by atoms with Crippen LogP contribution in [0.3, 0.4) is 0 Å². The molecule has 0 fully saturated rings. The van der Waals surface area contributed by atoms with Gasteiger partial charge in [-0.1, -0.05) is 0 Å². The van der Waals surface area contributed by atoms with Crippen molar-refractivity contribution in [3.8, 4) is 0 Å². The van der Waals surface area contributed by atoms with Crippen molar-refractivity contribution in [3.05, 3.63) is 28.5 Å². The van der Waals surface area contributed by atoms with Crippen LogP contribution in [0.15, 0.2) is 11.4 Å². The quantitative estimate of drug-likeness (QED) is 0.744. The van der Waals surface area contributed by atoms with Crippen LogP contribution in [0.25, 0.3) is 0 Å². The zero-order valence-corrected chi connectivity index (χ0v) is 15.3. The van der Waals surface area contributed by atoms with E-state index in [1.807, 2.05) is 0 Å². The number of carbonyl (C=O) groups excluding carboxylic acids is 1. The van der Waals surface area contributed by atoms with Gasteiger partial charge in [0.1, 0.15) is 12.2 Å². The molecule has 0 aliphatic carbocycles. The smallest absolute Gasteiger partial charge is 0.355 e. The highest BCUT2D eigenvalue weighted by atomic mass is 32.1. The Kier molecular flexibility index (Phi) is 6.24. The summed E-state index contributed by atoms with van der Waals surface area (Å²) in [7, 11) is 3.35. The van der Waals surface area contributed by atoms with Gasteiger partial charge >= 0.3 is 5.97 Å². The summed E-state index contributed by atoms with van der Waals surface area (Å²) in [4.78, 5) is 30.3. The Labute approximate surface area is 152 Å². The number of anilines is 1. The summed E-state index contributed by atoms with van der Waals surface area (Å²) in [5.74, 6) is -1.36. The summed E-state index contributed by atoms with van der Waals surface area (Å²) < 4.78 is 26.6. The molecule has 2 aromatic heterocycles. The van der Waals surface area contributed by atoms with Crippen LogP contribution in [-0.2, 0) is 11.3 Å². The molecule has 0 saturated heterocycles. The van der Waals surface area contributed by atoms with Crippen molar-refractivity contribution < 1.29 is 23.5 Å². The molecular formula is C15H19F2N5O3S. The zero-order chi connectivity index (χ0) is 19.4. The van der Waals surface area contributed by atoms with Crippen molar-refractivity contribution in [2.24, 2.45) is 0 Å². The minimum Gasteiger partial charge on any atom is -0.476 e. The Morgan fingerprint density at radius 1 is 1.35 bits per heavy atom. The summed E-state index contributed by atoms with van der Waals surface area (Å²) in [5.41, 5.74) is 0.115. The fraction of sp³-hybridized carbons (Fsp3) is 0.467. The molecule has 2 aromatic rings. The van der Waals surface area contributed by atoms with Crippen LogP contribution in [-0.4, -0.2) is 63.8 Å². The first-order valence-electron chi connectivity index (χ1n) is 7.65. The Bertz CT molecular complexity index is 792. The van der Waals surface area contributed by atoms with Gasteiger partial charge in [0, 0.05) is 38.3 Å². The number of nitrogens with zero attached hydrogens (tertiary/aromatic N) is 5. The third-order valence-electron chi connectivity index (χ3n) is 3.74. The van der Waals surface area contributed by atoms with Gasteiger partial charge in [-0.3, -0.25) is 9.48 Å². The summed E-state index contributed by atoms with van der Waals surface area (Å²) in [5, 5.41) is 14.6. The van der Waals surface area contributed by atoms with Crippen molar-refractivity contribution in [1.82, 2.24) is 19.7 Å². The summed E-state index contributed by atoms with van der Waals surface area (Å²) in [6, 6.07) is 1.26. The predicted octanol–water partition coefficient (Wildman–Crippen LogP) is 1.88. The SMILES string of the molecule is Cc1cc(C(F)F)nn1CC(=O)N(C)CCN(C)c1nc(C(=O)O)cs1. The number of amides is 1. The second kappa shape index (κ2) is 8.21. The number of alkyl halides is 2. The lowest BCUT2D eigenvalue weighted by Gasteiger charge is -2.22. The standard InChI is InChI=1S/C15H19F2N5O3S/c1-9-6-10(13(16)17)19-22(9)7-12(23)20(2)4-5-21(3)15-18-11(8-26-15)14(24)25/h6,8,13H,4-5,7H2,1-3H3,(H,24,25). The van der Waals surface area contributed by atoms with Gasteiger partial charge in [-0.15, -0.1) is 11.3 Å². The average Bonchev–Trinajstić information content (AvgIpc) is 3.20.